The van der Waals surface area contributed by atoms with Crippen molar-refractivity contribution >= 4 is 38.9 Å². The monoisotopic (exact) mass is 467 g/mol. The van der Waals surface area contributed by atoms with Crippen LogP contribution in [-0.4, -0.2) is 14.3 Å². The minimum Gasteiger partial charge on any atom is -0.298 e. The first-order valence-corrected chi connectivity index (χ1v) is 12.0. The second kappa shape index (κ2) is 9.46. The summed E-state index contributed by atoms with van der Waals surface area (Å²) in [4.78, 5) is 12.7. The Morgan fingerprint density at radius 3 is 2.56 bits per heavy atom. The molecule has 4 rings (SSSR count). The van der Waals surface area contributed by atoms with E-state index in [4.69, 9.17) is 11.6 Å². The fraction of sp³-hybridized carbons (Fsp3) is 0.125. The predicted octanol–water partition coefficient (Wildman–Crippen LogP) is 4.75. The number of halogens is 1. The number of carbonyl (C=O) groups excluding carboxylic acids is 1. The first-order valence-electron chi connectivity index (χ1n) is 10.2. The van der Waals surface area contributed by atoms with Crippen molar-refractivity contribution in [2.75, 3.05) is 4.72 Å². The van der Waals surface area contributed by atoms with E-state index in [0.29, 0.717) is 0 Å². The molecule has 8 heteroatoms. The summed E-state index contributed by atoms with van der Waals surface area (Å²) in [5.41, 5.74) is 9.26. The third-order valence-corrected chi connectivity index (χ3v) is 6.83. The third-order valence-electron chi connectivity index (χ3n) is 5.14. The molecule has 3 aromatic carbocycles. The van der Waals surface area contributed by atoms with Gasteiger partial charge in [0.05, 0.1) is 21.3 Å². The van der Waals surface area contributed by atoms with Gasteiger partial charge in [0.25, 0.3) is 15.9 Å². The molecular formula is C24H22ClN3O3S. The average Bonchev–Trinajstić information content (AvgIpc) is 3.01. The summed E-state index contributed by atoms with van der Waals surface area (Å²) >= 11 is 6.06. The number of anilines is 1. The SMILES string of the molecule is O=C(NNC1=CCCCc2ccccc21)c1cccc(S(=O)(=O)Nc2ccccc2Cl)c1. The Hall–Kier alpha value is -3.29. The maximum absolute atomic E-state index is 12.8. The lowest BCUT2D eigenvalue weighted by Gasteiger charge is -2.15. The highest BCUT2D eigenvalue weighted by Crippen LogP contribution is 2.25. The van der Waals surface area contributed by atoms with E-state index in [1.54, 1.807) is 30.3 Å². The number of hydrogen-bond donors (Lipinski definition) is 3. The van der Waals surface area contributed by atoms with Crippen molar-refractivity contribution < 1.29 is 13.2 Å². The highest BCUT2D eigenvalue weighted by molar-refractivity contribution is 7.92. The summed E-state index contributed by atoms with van der Waals surface area (Å²) in [7, 11) is -3.92. The summed E-state index contributed by atoms with van der Waals surface area (Å²) in [5, 5.41) is 0.283. The molecule has 0 saturated heterocycles. The van der Waals surface area contributed by atoms with Gasteiger partial charge in [0.1, 0.15) is 0 Å². The molecule has 164 valence electrons. The molecule has 0 atom stereocenters. The fourth-order valence-corrected chi connectivity index (χ4v) is 4.88. The third kappa shape index (κ3) is 4.95. The molecule has 32 heavy (non-hydrogen) atoms. The van der Waals surface area contributed by atoms with Gasteiger partial charge in [0.15, 0.2) is 0 Å². The molecule has 0 saturated carbocycles. The van der Waals surface area contributed by atoms with Crippen molar-refractivity contribution in [1.29, 1.82) is 0 Å². The lowest BCUT2D eigenvalue weighted by atomic mass is 10.0. The zero-order valence-electron chi connectivity index (χ0n) is 17.1. The van der Waals surface area contributed by atoms with Crippen molar-refractivity contribution in [3.05, 3.63) is 101 Å². The lowest BCUT2D eigenvalue weighted by molar-refractivity contribution is 0.0942. The van der Waals surface area contributed by atoms with E-state index in [0.717, 1.165) is 30.5 Å². The molecule has 0 heterocycles. The van der Waals surface area contributed by atoms with Crippen LogP contribution < -0.4 is 15.6 Å². The largest absolute Gasteiger partial charge is 0.298 e. The van der Waals surface area contributed by atoms with Crippen LogP contribution in [0.1, 0.15) is 34.3 Å². The zero-order chi connectivity index (χ0) is 22.6. The molecule has 0 radical (unpaired) electrons. The first-order chi connectivity index (χ1) is 15.4. The normalized spacial score (nSPS) is 13.3. The molecule has 1 aliphatic rings. The molecule has 0 spiro atoms. The highest BCUT2D eigenvalue weighted by atomic mass is 35.5. The lowest BCUT2D eigenvalue weighted by Crippen LogP contribution is -2.36. The number of benzene rings is 3. The standard InChI is InChI=1S/C24H22ClN3O3S/c25-21-13-4-6-15-23(21)28-32(30,31)19-11-7-10-18(16-19)24(29)27-26-22-14-5-2-9-17-8-1-3-12-20(17)22/h1,3-4,6-8,10-16,26,28H,2,5,9H2,(H,27,29). The molecule has 0 bridgehead atoms. The van der Waals surface area contributed by atoms with Gasteiger partial charge in [-0.2, -0.15) is 0 Å². The van der Waals surface area contributed by atoms with Crippen molar-refractivity contribution in [3.63, 3.8) is 0 Å². The number of fused-ring (bicyclic) bond motifs is 1. The second-order valence-corrected chi connectivity index (χ2v) is 9.45. The fourth-order valence-electron chi connectivity index (χ4n) is 3.52. The van der Waals surface area contributed by atoms with Crippen LogP contribution in [0, 0.1) is 0 Å². The van der Waals surface area contributed by atoms with E-state index in [1.807, 2.05) is 18.2 Å². The van der Waals surface area contributed by atoms with E-state index in [1.165, 1.54) is 23.8 Å². The van der Waals surface area contributed by atoms with E-state index in [2.05, 4.69) is 27.7 Å². The summed E-state index contributed by atoms with van der Waals surface area (Å²) in [6.07, 6.45) is 4.97. The number of hydrogen-bond acceptors (Lipinski definition) is 4. The molecule has 0 unspecified atom stereocenters. The Bertz CT molecular complexity index is 1290. The van der Waals surface area contributed by atoms with Gasteiger partial charge in [-0.3, -0.25) is 20.4 Å². The molecule has 6 nitrogen and oxygen atoms in total. The number of nitrogens with one attached hydrogen (secondary N) is 3. The minimum atomic E-state index is -3.92. The van der Waals surface area contributed by atoms with Gasteiger partial charge < -0.3 is 0 Å². The molecule has 1 amide bonds. The van der Waals surface area contributed by atoms with Crippen LogP contribution in [-0.2, 0) is 16.4 Å². The zero-order valence-corrected chi connectivity index (χ0v) is 18.7. The predicted molar refractivity (Wildman–Crippen MR) is 127 cm³/mol. The number of para-hydroxylation sites is 1. The number of aryl methyl sites for hydroxylation is 1. The summed E-state index contributed by atoms with van der Waals surface area (Å²) in [5.74, 6) is -0.442. The average molecular weight is 468 g/mol. The van der Waals surface area contributed by atoms with Crippen LogP contribution in [0.3, 0.4) is 0 Å². The van der Waals surface area contributed by atoms with Crippen LogP contribution >= 0.6 is 11.6 Å². The van der Waals surface area contributed by atoms with Crippen LogP contribution in [0.25, 0.3) is 5.70 Å². The Morgan fingerprint density at radius 1 is 0.938 bits per heavy atom. The first kappa shape index (κ1) is 21.9. The molecule has 3 aromatic rings. The summed E-state index contributed by atoms with van der Waals surface area (Å²) in [6.45, 7) is 0. The van der Waals surface area contributed by atoms with E-state index in [-0.39, 0.29) is 21.2 Å². The number of sulfonamides is 1. The van der Waals surface area contributed by atoms with Gasteiger partial charge in [-0.25, -0.2) is 8.42 Å². The molecule has 0 aliphatic heterocycles. The van der Waals surface area contributed by atoms with E-state index in [9.17, 15) is 13.2 Å². The van der Waals surface area contributed by atoms with E-state index >= 15 is 0 Å². The Kier molecular flexibility index (Phi) is 6.48. The Balaban J connectivity index is 1.49. The van der Waals surface area contributed by atoms with Gasteiger partial charge in [0.2, 0.25) is 0 Å². The number of carbonyl (C=O) groups is 1. The number of allylic oxidation sites excluding steroid dienone is 1. The van der Waals surface area contributed by atoms with Crippen LogP contribution in [0.5, 0.6) is 0 Å². The maximum Gasteiger partial charge on any atom is 0.269 e. The highest BCUT2D eigenvalue weighted by Gasteiger charge is 2.18. The molecule has 1 aliphatic carbocycles. The van der Waals surface area contributed by atoms with Crippen molar-refractivity contribution in [1.82, 2.24) is 10.9 Å². The summed E-state index contributed by atoms with van der Waals surface area (Å²) in [6, 6.07) is 20.4. The van der Waals surface area contributed by atoms with Gasteiger partial charge in [-0.05, 0) is 55.2 Å². The molecule has 3 N–H and O–H groups in total. The number of rotatable bonds is 6. The van der Waals surface area contributed by atoms with Crippen molar-refractivity contribution in [2.45, 2.75) is 24.2 Å². The topological polar surface area (TPSA) is 87.3 Å². The van der Waals surface area contributed by atoms with Gasteiger partial charge in [-0.15, -0.1) is 0 Å². The van der Waals surface area contributed by atoms with E-state index < -0.39 is 15.9 Å². The van der Waals surface area contributed by atoms with Gasteiger partial charge >= 0.3 is 0 Å². The summed E-state index contributed by atoms with van der Waals surface area (Å²) < 4.78 is 28.0. The van der Waals surface area contributed by atoms with Crippen LogP contribution in [0.4, 0.5) is 5.69 Å². The molecule has 0 fully saturated rings. The Labute approximate surface area is 192 Å². The quantitative estimate of drug-likeness (QED) is 0.456. The Morgan fingerprint density at radius 2 is 1.72 bits per heavy atom. The molecule has 0 aromatic heterocycles. The number of hydrazine groups is 1. The van der Waals surface area contributed by atoms with Crippen molar-refractivity contribution in [3.8, 4) is 0 Å². The smallest absolute Gasteiger partial charge is 0.269 e. The van der Waals surface area contributed by atoms with Crippen LogP contribution in [0.2, 0.25) is 5.02 Å². The van der Waals surface area contributed by atoms with Gasteiger partial charge in [0, 0.05) is 11.1 Å². The minimum absolute atomic E-state index is 0.0379. The second-order valence-electron chi connectivity index (χ2n) is 7.36. The number of amides is 1. The van der Waals surface area contributed by atoms with Crippen LogP contribution in [0.15, 0.2) is 83.8 Å². The molecular weight excluding hydrogens is 446 g/mol. The van der Waals surface area contributed by atoms with Crippen molar-refractivity contribution in [2.24, 2.45) is 0 Å². The van der Waals surface area contributed by atoms with Gasteiger partial charge in [-0.1, -0.05) is 60.1 Å². The maximum atomic E-state index is 12.8.